The standard InChI is InChI=1S/C10H15NO/c1-3-8-7(2)6-11-9(8)4-5-10(11)12/h8-9H,2-6H2,1H3/t8-,9?/m1/s1. The van der Waals surface area contributed by atoms with E-state index >= 15 is 0 Å². The minimum Gasteiger partial charge on any atom is -0.335 e. The summed E-state index contributed by atoms with van der Waals surface area (Å²) >= 11 is 0. The van der Waals surface area contributed by atoms with Gasteiger partial charge < -0.3 is 4.90 Å². The zero-order valence-electron chi connectivity index (χ0n) is 7.55. The van der Waals surface area contributed by atoms with Crippen LogP contribution in [0.5, 0.6) is 0 Å². The van der Waals surface area contributed by atoms with Crippen molar-refractivity contribution < 1.29 is 4.79 Å². The monoisotopic (exact) mass is 165 g/mol. The summed E-state index contributed by atoms with van der Waals surface area (Å²) in [6.07, 6.45) is 2.94. The molecule has 0 saturated carbocycles. The molecule has 0 radical (unpaired) electrons. The number of carbonyl (C=O) groups excluding carboxylic acids is 1. The average Bonchev–Trinajstić information content (AvgIpc) is 2.52. The molecule has 2 saturated heterocycles. The molecule has 2 aliphatic rings. The fraction of sp³-hybridized carbons (Fsp3) is 0.700. The predicted octanol–water partition coefficient (Wildman–Crippen LogP) is 1.57. The van der Waals surface area contributed by atoms with E-state index in [0.29, 0.717) is 17.9 Å². The van der Waals surface area contributed by atoms with Crippen LogP contribution in [0.25, 0.3) is 0 Å². The number of hydrogen-bond acceptors (Lipinski definition) is 1. The third-order valence-corrected chi connectivity index (χ3v) is 3.18. The molecule has 0 aromatic carbocycles. The van der Waals surface area contributed by atoms with E-state index in [-0.39, 0.29) is 0 Å². The minimum absolute atomic E-state index is 0.331. The second kappa shape index (κ2) is 2.61. The van der Waals surface area contributed by atoms with Gasteiger partial charge in [0.15, 0.2) is 0 Å². The normalized spacial score (nSPS) is 34.6. The predicted molar refractivity (Wildman–Crippen MR) is 47.7 cm³/mol. The lowest BCUT2D eigenvalue weighted by molar-refractivity contribution is -0.127. The molecule has 2 heterocycles. The molecule has 0 N–H and O–H groups in total. The maximum absolute atomic E-state index is 11.3. The lowest BCUT2D eigenvalue weighted by Crippen LogP contribution is -2.29. The van der Waals surface area contributed by atoms with E-state index in [1.165, 1.54) is 5.57 Å². The molecular weight excluding hydrogens is 150 g/mol. The highest BCUT2D eigenvalue weighted by molar-refractivity contribution is 5.80. The van der Waals surface area contributed by atoms with Gasteiger partial charge in [-0.3, -0.25) is 4.79 Å². The van der Waals surface area contributed by atoms with Crippen LogP contribution in [0.1, 0.15) is 26.2 Å². The third-order valence-electron chi connectivity index (χ3n) is 3.18. The van der Waals surface area contributed by atoms with Crippen LogP contribution in [0.3, 0.4) is 0 Å². The largest absolute Gasteiger partial charge is 0.335 e. The van der Waals surface area contributed by atoms with Gasteiger partial charge in [-0.25, -0.2) is 0 Å². The summed E-state index contributed by atoms with van der Waals surface area (Å²) < 4.78 is 0. The first-order valence-corrected chi connectivity index (χ1v) is 4.71. The Bertz CT molecular complexity index is 234. The highest BCUT2D eigenvalue weighted by atomic mass is 16.2. The maximum Gasteiger partial charge on any atom is 0.223 e. The van der Waals surface area contributed by atoms with Crippen molar-refractivity contribution in [3.63, 3.8) is 0 Å². The molecule has 1 unspecified atom stereocenters. The van der Waals surface area contributed by atoms with Gasteiger partial charge in [0.1, 0.15) is 0 Å². The molecule has 2 atom stereocenters. The number of fused-ring (bicyclic) bond motifs is 1. The Morgan fingerprint density at radius 3 is 3.08 bits per heavy atom. The maximum atomic E-state index is 11.3. The molecule has 0 aromatic rings. The van der Waals surface area contributed by atoms with Crippen LogP contribution in [0.2, 0.25) is 0 Å². The van der Waals surface area contributed by atoms with Crippen LogP contribution < -0.4 is 0 Å². The molecule has 2 nitrogen and oxygen atoms in total. The van der Waals surface area contributed by atoms with E-state index in [4.69, 9.17) is 0 Å². The minimum atomic E-state index is 0.331. The molecule has 2 fully saturated rings. The Morgan fingerprint density at radius 2 is 2.42 bits per heavy atom. The van der Waals surface area contributed by atoms with Gasteiger partial charge in [-0.1, -0.05) is 19.1 Å². The average molecular weight is 165 g/mol. The zero-order chi connectivity index (χ0) is 8.72. The van der Waals surface area contributed by atoms with Gasteiger partial charge in [0.05, 0.1) is 0 Å². The van der Waals surface area contributed by atoms with Crippen LogP contribution in [0.4, 0.5) is 0 Å². The third kappa shape index (κ3) is 0.904. The van der Waals surface area contributed by atoms with E-state index in [1.807, 2.05) is 4.90 Å². The van der Waals surface area contributed by atoms with Crippen molar-refractivity contribution in [3.05, 3.63) is 12.2 Å². The molecule has 0 aromatic heterocycles. The van der Waals surface area contributed by atoms with E-state index in [9.17, 15) is 4.79 Å². The summed E-state index contributed by atoms with van der Waals surface area (Å²) in [6.45, 7) is 7.03. The smallest absolute Gasteiger partial charge is 0.223 e. The molecule has 0 bridgehead atoms. The van der Waals surface area contributed by atoms with Gasteiger partial charge in [-0.15, -0.1) is 0 Å². The first-order chi connectivity index (χ1) is 5.74. The number of amides is 1. The van der Waals surface area contributed by atoms with E-state index in [1.54, 1.807) is 0 Å². The second-order valence-electron chi connectivity index (χ2n) is 3.80. The number of hydrogen-bond donors (Lipinski definition) is 0. The van der Waals surface area contributed by atoms with Crippen molar-refractivity contribution in [1.82, 2.24) is 4.90 Å². The van der Waals surface area contributed by atoms with Crippen molar-refractivity contribution in [2.45, 2.75) is 32.2 Å². The fourth-order valence-electron chi connectivity index (χ4n) is 2.55. The molecule has 12 heavy (non-hydrogen) atoms. The van der Waals surface area contributed by atoms with Gasteiger partial charge in [0, 0.05) is 24.9 Å². The van der Waals surface area contributed by atoms with Crippen molar-refractivity contribution in [1.29, 1.82) is 0 Å². The Kier molecular flexibility index (Phi) is 1.71. The van der Waals surface area contributed by atoms with E-state index < -0.39 is 0 Å². The van der Waals surface area contributed by atoms with Gasteiger partial charge in [0.2, 0.25) is 5.91 Å². The number of carbonyl (C=O) groups is 1. The fourth-order valence-corrected chi connectivity index (χ4v) is 2.55. The molecular formula is C10H15NO. The van der Waals surface area contributed by atoms with E-state index in [0.717, 1.165) is 25.8 Å². The Balaban J connectivity index is 2.20. The Labute approximate surface area is 73.2 Å². The first kappa shape index (κ1) is 7.84. The molecule has 2 heteroatoms. The second-order valence-corrected chi connectivity index (χ2v) is 3.80. The van der Waals surface area contributed by atoms with Crippen molar-refractivity contribution in [3.8, 4) is 0 Å². The highest BCUT2D eigenvalue weighted by Gasteiger charge is 2.42. The number of rotatable bonds is 1. The van der Waals surface area contributed by atoms with Crippen LogP contribution in [-0.2, 0) is 4.79 Å². The zero-order valence-corrected chi connectivity index (χ0v) is 7.55. The summed E-state index contributed by atoms with van der Waals surface area (Å²) in [4.78, 5) is 13.4. The SMILES string of the molecule is C=C1CN2C(=O)CCC2[C@@H]1CC. The molecule has 1 amide bonds. The van der Waals surface area contributed by atoms with Gasteiger partial charge >= 0.3 is 0 Å². The van der Waals surface area contributed by atoms with Crippen LogP contribution in [0.15, 0.2) is 12.2 Å². The van der Waals surface area contributed by atoms with Crippen LogP contribution in [0, 0.1) is 5.92 Å². The summed E-state index contributed by atoms with van der Waals surface area (Å²) in [5.41, 5.74) is 1.26. The molecule has 2 rings (SSSR count). The lowest BCUT2D eigenvalue weighted by Gasteiger charge is -2.18. The Hall–Kier alpha value is -0.790. The van der Waals surface area contributed by atoms with Crippen molar-refractivity contribution >= 4 is 5.91 Å². The molecule has 2 aliphatic heterocycles. The molecule has 66 valence electrons. The van der Waals surface area contributed by atoms with Gasteiger partial charge in [0.25, 0.3) is 0 Å². The quantitative estimate of drug-likeness (QED) is 0.540. The van der Waals surface area contributed by atoms with Crippen molar-refractivity contribution in [2.75, 3.05) is 6.54 Å². The van der Waals surface area contributed by atoms with Crippen LogP contribution in [-0.4, -0.2) is 23.4 Å². The first-order valence-electron chi connectivity index (χ1n) is 4.71. The molecule has 0 spiro atoms. The highest BCUT2D eigenvalue weighted by Crippen LogP contribution is 2.37. The number of nitrogens with zero attached hydrogens (tertiary/aromatic N) is 1. The summed E-state index contributed by atoms with van der Waals surface area (Å²) in [5, 5.41) is 0. The van der Waals surface area contributed by atoms with Gasteiger partial charge in [-0.05, 0) is 12.8 Å². The van der Waals surface area contributed by atoms with Crippen molar-refractivity contribution in [2.24, 2.45) is 5.92 Å². The van der Waals surface area contributed by atoms with E-state index in [2.05, 4.69) is 13.5 Å². The molecule has 0 aliphatic carbocycles. The summed E-state index contributed by atoms with van der Waals surface area (Å²) in [7, 11) is 0. The summed E-state index contributed by atoms with van der Waals surface area (Å²) in [6, 6.07) is 0.495. The van der Waals surface area contributed by atoms with Gasteiger partial charge in [-0.2, -0.15) is 0 Å². The Morgan fingerprint density at radius 1 is 1.67 bits per heavy atom. The van der Waals surface area contributed by atoms with Crippen LogP contribution >= 0.6 is 0 Å². The lowest BCUT2D eigenvalue weighted by atomic mass is 9.93. The topological polar surface area (TPSA) is 20.3 Å². The summed E-state index contributed by atoms with van der Waals surface area (Å²) in [5.74, 6) is 0.911.